The third-order valence-electron chi connectivity index (χ3n) is 2.66. The molecule has 0 atom stereocenters. The number of benzene rings is 1. The summed E-state index contributed by atoms with van der Waals surface area (Å²) in [6.07, 6.45) is 0. The Morgan fingerprint density at radius 3 is 2.69 bits per heavy atom. The normalized spacial score (nSPS) is 17.7. The van der Waals surface area contributed by atoms with Crippen LogP contribution in [-0.4, -0.2) is 31.1 Å². The van der Waals surface area contributed by atoms with Crippen molar-refractivity contribution in [2.24, 2.45) is 0 Å². The average Bonchev–Trinajstić information content (AvgIpc) is 2.27. The summed E-state index contributed by atoms with van der Waals surface area (Å²) in [6.45, 7) is 4.77. The fourth-order valence-corrected chi connectivity index (χ4v) is 2.42. The minimum Gasteiger partial charge on any atom is -0.314 e. The average molecular weight is 308 g/mol. The zero-order valence-electron chi connectivity index (χ0n) is 8.77. The highest BCUT2D eigenvalue weighted by Crippen LogP contribution is 2.27. The van der Waals surface area contributed by atoms with Gasteiger partial charge < -0.3 is 5.32 Å². The Morgan fingerprint density at radius 2 is 2.06 bits per heavy atom. The van der Waals surface area contributed by atoms with E-state index in [-0.39, 0.29) is 10.8 Å². The van der Waals surface area contributed by atoms with Crippen LogP contribution in [0.4, 0.5) is 4.39 Å². The van der Waals surface area contributed by atoms with Crippen LogP contribution in [0.5, 0.6) is 0 Å². The first-order valence-corrected chi connectivity index (χ1v) is 6.40. The van der Waals surface area contributed by atoms with Gasteiger partial charge in [-0.05, 0) is 33.6 Å². The molecule has 1 saturated heterocycles. The number of piperazine rings is 1. The van der Waals surface area contributed by atoms with Gasteiger partial charge in [0.1, 0.15) is 5.82 Å². The van der Waals surface area contributed by atoms with Gasteiger partial charge in [-0.3, -0.25) is 4.90 Å². The van der Waals surface area contributed by atoms with E-state index >= 15 is 0 Å². The lowest BCUT2D eigenvalue weighted by Crippen LogP contribution is -2.42. The quantitative estimate of drug-likeness (QED) is 0.845. The van der Waals surface area contributed by atoms with E-state index in [9.17, 15) is 4.39 Å². The van der Waals surface area contributed by atoms with Crippen molar-refractivity contribution in [3.05, 3.63) is 33.0 Å². The fraction of sp³-hybridized carbons (Fsp3) is 0.455. The number of nitrogens with one attached hydrogen (secondary N) is 1. The van der Waals surface area contributed by atoms with Gasteiger partial charge in [0.25, 0.3) is 0 Å². The van der Waals surface area contributed by atoms with E-state index in [0.717, 1.165) is 38.3 Å². The summed E-state index contributed by atoms with van der Waals surface area (Å²) < 4.78 is 14.0. The zero-order chi connectivity index (χ0) is 11.5. The van der Waals surface area contributed by atoms with Gasteiger partial charge >= 0.3 is 0 Å². The first-order chi connectivity index (χ1) is 7.66. The van der Waals surface area contributed by atoms with Crippen molar-refractivity contribution in [1.29, 1.82) is 0 Å². The molecule has 16 heavy (non-hydrogen) atoms. The predicted octanol–water partition coefficient (Wildman–Crippen LogP) is 2.65. The molecule has 0 saturated carbocycles. The highest BCUT2D eigenvalue weighted by Gasteiger charge is 2.12. The lowest BCUT2D eigenvalue weighted by Gasteiger charge is -2.27. The molecule has 88 valence electrons. The number of rotatable bonds is 2. The monoisotopic (exact) mass is 306 g/mol. The number of hydrogen-bond donors (Lipinski definition) is 1. The van der Waals surface area contributed by atoms with E-state index in [1.807, 2.05) is 6.07 Å². The number of hydrogen-bond acceptors (Lipinski definition) is 2. The second-order valence-electron chi connectivity index (χ2n) is 3.90. The molecule has 1 N–H and O–H groups in total. The highest BCUT2D eigenvalue weighted by atomic mass is 79.9. The predicted molar refractivity (Wildman–Crippen MR) is 67.3 cm³/mol. The van der Waals surface area contributed by atoms with Crippen LogP contribution in [0.3, 0.4) is 0 Å². The van der Waals surface area contributed by atoms with Crippen LogP contribution < -0.4 is 5.32 Å². The largest absolute Gasteiger partial charge is 0.314 e. The summed E-state index contributed by atoms with van der Waals surface area (Å²) in [4.78, 5) is 2.30. The van der Waals surface area contributed by atoms with Crippen LogP contribution in [0.25, 0.3) is 0 Å². The summed E-state index contributed by atoms with van der Waals surface area (Å²) in [5, 5.41) is 3.44. The van der Waals surface area contributed by atoms with Crippen molar-refractivity contribution in [2.45, 2.75) is 6.54 Å². The van der Waals surface area contributed by atoms with Gasteiger partial charge in [0, 0.05) is 37.2 Å². The van der Waals surface area contributed by atoms with E-state index in [1.54, 1.807) is 0 Å². The van der Waals surface area contributed by atoms with Gasteiger partial charge in [-0.25, -0.2) is 4.39 Å². The maximum absolute atomic E-state index is 13.4. The molecule has 0 spiro atoms. The Balaban J connectivity index is 2.09. The molecular formula is C11H13BrClFN2. The van der Waals surface area contributed by atoms with Gasteiger partial charge in [0.05, 0.1) is 5.02 Å². The molecule has 2 rings (SSSR count). The van der Waals surface area contributed by atoms with Crippen molar-refractivity contribution in [3.63, 3.8) is 0 Å². The van der Waals surface area contributed by atoms with Crippen LogP contribution in [0.1, 0.15) is 5.56 Å². The van der Waals surface area contributed by atoms with Crippen molar-refractivity contribution in [1.82, 2.24) is 10.2 Å². The molecule has 1 heterocycles. The molecule has 0 aromatic heterocycles. The molecule has 0 radical (unpaired) electrons. The Labute approximate surface area is 108 Å². The topological polar surface area (TPSA) is 15.3 Å². The van der Waals surface area contributed by atoms with Crippen molar-refractivity contribution in [2.75, 3.05) is 26.2 Å². The van der Waals surface area contributed by atoms with Crippen molar-refractivity contribution < 1.29 is 4.39 Å². The van der Waals surface area contributed by atoms with Gasteiger partial charge in [0.15, 0.2) is 0 Å². The van der Waals surface area contributed by atoms with Crippen LogP contribution in [0.2, 0.25) is 5.02 Å². The molecular weight excluding hydrogens is 294 g/mol. The van der Waals surface area contributed by atoms with E-state index in [4.69, 9.17) is 11.6 Å². The third kappa shape index (κ3) is 2.94. The Bertz CT molecular complexity index is 357. The molecule has 1 fully saturated rings. The summed E-state index contributed by atoms with van der Waals surface area (Å²) in [5.41, 5.74) is 0.954. The lowest BCUT2D eigenvalue weighted by atomic mass is 10.2. The smallest absolute Gasteiger partial charge is 0.143 e. The van der Waals surface area contributed by atoms with Crippen LogP contribution in [0.15, 0.2) is 16.6 Å². The maximum atomic E-state index is 13.4. The summed E-state index contributed by atoms with van der Waals surface area (Å²) in [6, 6.07) is 3.39. The van der Waals surface area contributed by atoms with Crippen LogP contribution >= 0.6 is 27.5 Å². The Hall–Kier alpha value is -0.160. The van der Waals surface area contributed by atoms with Gasteiger partial charge in [-0.1, -0.05) is 11.6 Å². The molecule has 1 aliphatic rings. The van der Waals surface area contributed by atoms with E-state index in [0.29, 0.717) is 4.47 Å². The van der Waals surface area contributed by atoms with Gasteiger partial charge in [-0.15, -0.1) is 0 Å². The highest BCUT2D eigenvalue weighted by molar-refractivity contribution is 9.10. The first-order valence-electron chi connectivity index (χ1n) is 5.23. The van der Waals surface area contributed by atoms with Crippen LogP contribution in [0, 0.1) is 5.82 Å². The lowest BCUT2D eigenvalue weighted by molar-refractivity contribution is 0.233. The van der Waals surface area contributed by atoms with E-state index < -0.39 is 0 Å². The second kappa shape index (κ2) is 5.45. The molecule has 1 aromatic carbocycles. The SMILES string of the molecule is Fc1cc(CN2CCNCC2)cc(Br)c1Cl. The third-order valence-corrected chi connectivity index (χ3v) is 3.90. The molecule has 0 bridgehead atoms. The summed E-state index contributed by atoms with van der Waals surface area (Å²) in [7, 11) is 0. The number of nitrogens with zero attached hydrogens (tertiary/aromatic N) is 1. The van der Waals surface area contributed by atoms with Crippen molar-refractivity contribution in [3.8, 4) is 0 Å². The standard InChI is InChI=1S/C11H13BrClFN2/c12-9-5-8(6-10(14)11(9)13)7-16-3-1-15-2-4-16/h5-6,15H,1-4,7H2. The minimum absolute atomic E-state index is 0.157. The summed E-state index contributed by atoms with van der Waals surface area (Å²) >= 11 is 9.01. The van der Waals surface area contributed by atoms with Crippen molar-refractivity contribution >= 4 is 27.5 Å². The van der Waals surface area contributed by atoms with Crippen LogP contribution in [-0.2, 0) is 6.54 Å². The summed E-state index contributed by atoms with van der Waals surface area (Å²) in [5.74, 6) is -0.360. The molecule has 0 aliphatic carbocycles. The molecule has 1 aliphatic heterocycles. The molecule has 5 heteroatoms. The number of halogens is 3. The molecule has 2 nitrogen and oxygen atoms in total. The maximum Gasteiger partial charge on any atom is 0.143 e. The fourth-order valence-electron chi connectivity index (χ4n) is 1.83. The van der Waals surface area contributed by atoms with E-state index in [1.165, 1.54) is 6.07 Å². The molecule has 1 aromatic rings. The zero-order valence-corrected chi connectivity index (χ0v) is 11.1. The van der Waals surface area contributed by atoms with Gasteiger partial charge in [0.2, 0.25) is 0 Å². The first kappa shape index (κ1) is 12.3. The minimum atomic E-state index is -0.360. The molecule has 0 unspecified atom stereocenters. The second-order valence-corrected chi connectivity index (χ2v) is 5.13. The Morgan fingerprint density at radius 1 is 1.38 bits per heavy atom. The molecule has 0 amide bonds. The Kier molecular flexibility index (Phi) is 4.19. The van der Waals surface area contributed by atoms with E-state index in [2.05, 4.69) is 26.1 Å². The van der Waals surface area contributed by atoms with Gasteiger partial charge in [-0.2, -0.15) is 0 Å².